The van der Waals surface area contributed by atoms with E-state index in [-0.39, 0.29) is 11.6 Å². The number of imidazole rings is 1. The number of hydrogen-bond acceptors (Lipinski definition) is 2. The minimum atomic E-state index is -1.38. The Morgan fingerprint density at radius 3 is 1.96 bits per heavy atom. The average Bonchev–Trinajstić information content (AvgIpc) is 3.09. The molecule has 1 N–H and O–H groups in total. The van der Waals surface area contributed by atoms with E-state index in [0.717, 1.165) is 5.69 Å². The first-order valence-corrected chi connectivity index (χ1v) is 7.90. The van der Waals surface area contributed by atoms with Gasteiger partial charge in [-0.15, -0.1) is 0 Å². The van der Waals surface area contributed by atoms with Crippen molar-refractivity contribution in [1.82, 2.24) is 9.55 Å². The molecule has 25 heavy (non-hydrogen) atoms. The first-order valence-electron chi connectivity index (χ1n) is 7.90. The van der Waals surface area contributed by atoms with Crippen LogP contribution in [0, 0.1) is 11.6 Å². The number of halogens is 2. The topological polar surface area (TPSA) is 38.0 Å². The largest absolute Gasteiger partial charge is 0.380 e. The van der Waals surface area contributed by atoms with Crippen molar-refractivity contribution in [2.75, 3.05) is 0 Å². The Kier molecular flexibility index (Phi) is 4.76. The van der Waals surface area contributed by atoms with Crippen LogP contribution in [0.25, 0.3) is 6.20 Å². The Morgan fingerprint density at radius 1 is 1.00 bits per heavy atom. The van der Waals surface area contributed by atoms with Crippen molar-refractivity contribution in [3.8, 4) is 0 Å². The van der Waals surface area contributed by atoms with E-state index in [9.17, 15) is 13.9 Å². The van der Waals surface area contributed by atoms with Crippen molar-refractivity contribution >= 4 is 6.20 Å². The lowest BCUT2D eigenvalue weighted by Crippen LogP contribution is -2.28. The molecule has 0 amide bonds. The van der Waals surface area contributed by atoms with Gasteiger partial charge in [0.25, 0.3) is 0 Å². The maximum Gasteiger partial charge on any atom is 0.123 e. The van der Waals surface area contributed by atoms with Crippen LogP contribution in [0.2, 0.25) is 0 Å². The van der Waals surface area contributed by atoms with Gasteiger partial charge in [-0.3, -0.25) is 0 Å². The lowest BCUT2D eigenvalue weighted by atomic mass is 9.82. The van der Waals surface area contributed by atoms with Crippen LogP contribution in [-0.2, 0) is 12.0 Å². The lowest BCUT2D eigenvalue weighted by Gasteiger charge is -2.29. The van der Waals surface area contributed by atoms with E-state index >= 15 is 0 Å². The standard InChI is InChI=1S/C20H18F2N2O/c1-2-24-13-19(23-14-24)11-12-20(25,15-3-7-17(21)8-4-15)16-5-9-18(22)10-6-16/h2-10,13-14,25H,1,11-12H2. The molecule has 0 aliphatic rings. The summed E-state index contributed by atoms with van der Waals surface area (Å²) in [5.41, 5.74) is 0.509. The molecule has 2 aromatic carbocycles. The Hall–Kier alpha value is -2.79. The van der Waals surface area contributed by atoms with Gasteiger partial charge in [-0.2, -0.15) is 0 Å². The molecule has 1 aromatic heterocycles. The molecular weight excluding hydrogens is 322 g/mol. The minimum Gasteiger partial charge on any atom is -0.380 e. The molecule has 0 unspecified atom stereocenters. The number of aryl methyl sites for hydroxylation is 1. The fourth-order valence-electron chi connectivity index (χ4n) is 2.82. The van der Waals surface area contributed by atoms with Crippen LogP contribution in [0.4, 0.5) is 8.78 Å². The van der Waals surface area contributed by atoms with E-state index in [0.29, 0.717) is 24.0 Å². The summed E-state index contributed by atoms with van der Waals surface area (Å²) in [6.45, 7) is 3.67. The molecule has 0 aliphatic heterocycles. The molecule has 0 saturated heterocycles. The zero-order valence-corrected chi connectivity index (χ0v) is 13.6. The summed E-state index contributed by atoms with van der Waals surface area (Å²) in [5, 5.41) is 11.4. The summed E-state index contributed by atoms with van der Waals surface area (Å²) in [7, 11) is 0. The van der Waals surface area contributed by atoms with E-state index in [2.05, 4.69) is 11.6 Å². The van der Waals surface area contributed by atoms with Crippen molar-refractivity contribution in [3.05, 3.63) is 96.1 Å². The van der Waals surface area contributed by atoms with Gasteiger partial charge < -0.3 is 9.67 Å². The van der Waals surface area contributed by atoms with Gasteiger partial charge in [-0.25, -0.2) is 13.8 Å². The molecule has 0 aliphatic carbocycles. The first kappa shape index (κ1) is 17.0. The van der Waals surface area contributed by atoms with Crippen LogP contribution in [0.15, 0.2) is 67.6 Å². The second kappa shape index (κ2) is 6.99. The van der Waals surface area contributed by atoms with E-state index in [4.69, 9.17) is 0 Å². The number of hydrogen-bond donors (Lipinski definition) is 1. The smallest absolute Gasteiger partial charge is 0.123 e. The molecular formula is C20H18F2N2O. The molecule has 0 atom stereocenters. The molecule has 3 aromatic rings. The van der Waals surface area contributed by atoms with Crippen molar-refractivity contribution in [1.29, 1.82) is 0 Å². The summed E-state index contributed by atoms with van der Waals surface area (Å²) in [4.78, 5) is 4.27. The highest BCUT2D eigenvalue weighted by Crippen LogP contribution is 2.34. The third-order valence-corrected chi connectivity index (χ3v) is 4.25. The van der Waals surface area contributed by atoms with Gasteiger partial charge in [-0.05, 0) is 48.2 Å². The van der Waals surface area contributed by atoms with Gasteiger partial charge in [0.1, 0.15) is 17.2 Å². The summed E-state index contributed by atoms with van der Waals surface area (Å²) in [5.74, 6) is -0.759. The maximum absolute atomic E-state index is 13.3. The van der Waals surface area contributed by atoms with Gasteiger partial charge in [0, 0.05) is 12.4 Å². The highest BCUT2D eigenvalue weighted by atomic mass is 19.1. The van der Waals surface area contributed by atoms with Crippen LogP contribution < -0.4 is 0 Å². The lowest BCUT2D eigenvalue weighted by molar-refractivity contribution is 0.0709. The SMILES string of the molecule is C=Cn1cnc(CCC(O)(c2ccc(F)cc2)c2ccc(F)cc2)c1. The second-order valence-electron chi connectivity index (χ2n) is 5.87. The quantitative estimate of drug-likeness (QED) is 0.733. The predicted octanol–water partition coefficient (Wildman–Crippen LogP) is 4.13. The third-order valence-electron chi connectivity index (χ3n) is 4.25. The normalized spacial score (nSPS) is 11.5. The molecule has 1 heterocycles. The summed E-state index contributed by atoms with van der Waals surface area (Å²) in [6.07, 6.45) is 5.90. The molecule has 0 spiro atoms. The Morgan fingerprint density at radius 2 is 1.52 bits per heavy atom. The summed E-state index contributed by atoms with van der Waals surface area (Å²) in [6, 6.07) is 11.4. The average molecular weight is 340 g/mol. The van der Waals surface area contributed by atoms with Crippen LogP contribution in [-0.4, -0.2) is 14.7 Å². The van der Waals surface area contributed by atoms with Crippen LogP contribution >= 0.6 is 0 Å². The van der Waals surface area contributed by atoms with Crippen LogP contribution in [0.3, 0.4) is 0 Å². The molecule has 3 rings (SSSR count). The Balaban J connectivity index is 1.94. The van der Waals surface area contributed by atoms with E-state index in [1.807, 2.05) is 6.20 Å². The van der Waals surface area contributed by atoms with Gasteiger partial charge >= 0.3 is 0 Å². The molecule has 0 radical (unpaired) electrons. The van der Waals surface area contributed by atoms with Crippen molar-refractivity contribution in [2.24, 2.45) is 0 Å². The third kappa shape index (κ3) is 3.67. The number of aliphatic hydroxyl groups is 1. The van der Waals surface area contributed by atoms with Crippen molar-refractivity contribution < 1.29 is 13.9 Å². The predicted molar refractivity (Wildman–Crippen MR) is 92.7 cm³/mol. The number of rotatable bonds is 6. The van der Waals surface area contributed by atoms with Crippen molar-refractivity contribution in [2.45, 2.75) is 18.4 Å². The molecule has 3 nitrogen and oxygen atoms in total. The molecule has 0 bridgehead atoms. The zero-order valence-electron chi connectivity index (χ0n) is 13.6. The summed E-state index contributed by atoms with van der Waals surface area (Å²) >= 11 is 0. The van der Waals surface area contributed by atoms with Crippen LogP contribution in [0.1, 0.15) is 23.2 Å². The molecule has 0 saturated carbocycles. The highest BCUT2D eigenvalue weighted by molar-refractivity contribution is 5.36. The van der Waals surface area contributed by atoms with Gasteiger partial charge in [0.2, 0.25) is 0 Å². The highest BCUT2D eigenvalue weighted by Gasteiger charge is 2.31. The zero-order chi connectivity index (χ0) is 17.9. The number of benzene rings is 2. The Labute approximate surface area is 144 Å². The van der Waals surface area contributed by atoms with E-state index < -0.39 is 5.60 Å². The Bertz CT molecular complexity index is 809. The van der Waals surface area contributed by atoms with Gasteiger partial charge in [0.05, 0.1) is 12.0 Å². The molecule has 128 valence electrons. The molecule has 5 heteroatoms. The first-order chi connectivity index (χ1) is 12.0. The summed E-state index contributed by atoms with van der Waals surface area (Å²) < 4.78 is 28.3. The number of nitrogens with zero attached hydrogens (tertiary/aromatic N) is 2. The second-order valence-corrected chi connectivity index (χ2v) is 5.87. The monoisotopic (exact) mass is 340 g/mol. The van der Waals surface area contributed by atoms with Crippen LogP contribution in [0.5, 0.6) is 0 Å². The van der Waals surface area contributed by atoms with Gasteiger partial charge in [0.15, 0.2) is 0 Å². The van der Waals surface area contributed by atoms with Crippen molar-refractivity contribution in [3.63, 3.8) is 0 Å². The van der Waals surface area contributed by atoms with E-state index in [1.54, 1.807) is 41.4 Å². The fourth-order valence-corrected chi connectivity index (χ4v) is 2.82. The number of aromatic nitrogens is 2. The maximum atomic E-state index is 13.3. The van der Waals surface area contributed by atoms with E-state index in [1.165, 1.54) is 24.3 Å². The fraction of sp³-hybridized carbons (Fsp3) is 0.150. The minimum absolute atomic E-state index is 0.318. The van der Waals surface area contributed by atoms with Gasteiger partial charge in [-0.1, -0.05) is 30.8 Å². The molecule has 0 fully saturated rings.